The summed E-state index contributed by atoms with van der Waals surface area (Å²) in [6.45, 7) is 1.63. The molecule has 0 aromatic rings. The number of carbonyl (C=O) groups excluding carboxylic acids is 1. The molecule has 0 bridgehead atoms. The summed E-state index contributed by atoms with van der Waals surface area (Å²) in [6.07, 6.45) is 3.05. The fourth-order valence-corrected chi connectivity index (χ4v) is 1.07. The molecule has 1 heterocycles. The fraction of sp³-hybridized carbons (Fsp3) is 0.714. The molecule has 1 saturated heterocycles. The van der Waals surface area contributed by atoms with Crippen LogP contribution in [0.4, 0.5) is 4.79 Å². The van der Waals surface area contributed by atoms with E-state index < -0.39 is 0 Å². The Labute approximate surface area is 65.9 Å². The minimum atomic E-state index is -0.284. The second kappa shape index (κ2) is 3.95. The van der Waals surface area contributed by atoms with Crippen LogP contribution in [-0.4, -0.2) is 37.5 Å². The number of likely N-dealkylation sites (tertiary alicyclic amines) is 1. The lowest BCUT2D eigenvalue weighted by atomic mass is 10.4. The summed E-state index contributed by atoms with van der Waals surface area (Å²) >= 11 is 0. The Morgan fingerprint density at radius 3 is 2.73 bits per heavy atom. The lowest BCUT2D eigenvalue weighted by molar-refractivity contribution is 0.162. The Morgan fingerprint density at radius 1 is 1.55 bits per heavy atom. The van der Waals surface area contributed by atoms with Crippen molar-refractivity contribution in [3.05, 3.63) is 0 Å². The molecule has 0 atom stereocenters. The summed E-state index contributed by atoms with van der Waals surface area (Å²) in [5, 5.41) is 0. The van der Waals surface area contributed by atoms with Crippen molar-refractivity contribution in [3.63, 3.8) is 0 Å². The van der Waals surface area contributed by atoms with Crippen molar-refractivity contribution in [1.82, 2.24) is 4.90 Å². The van der Waals surface area contributed by atoms with Gasteiger partial charge in [0.05, 0.1) is 0 Å². The molecule has 0 radical (unpaired) electrons. The molecule has 0 unspecified atom stereocenters. The van der Waals surface area contributed by atoms with Gasteiger partial charge in [-0.05, 0) is 12.8 Å². The maximum atomic E-state index is 11.0. The highest BCUT2D eigenvalue weighted by Crippen LogP contribution is 2.07. The SMILES string of the molecule is CN=COC(=O)N1CCCC1. The quantitative estimate of drug-likeness (QED) is 0.417. The topological polar surface area (TPSA) is 41.9 Å². The fourth-order valence-electron chi connectivity index (χ4n) is 1.07. The average Bonchev–Trinajstić information content (AvgIpc) is 2.52. The lowest BCUT2D eigenvalue weighted by Crippen LogP contribution is -2.27. The van der Waals surface area contributed by atoms with Crippen molar-refractivity contribution >= 4 is 12.5 Å². The standard InChI is InChI=1S/C7H12N2O2/c1-8-6-11-7(10)9-4-2-3-5-9/h6H,2-5H2,1H3. The van der Waals surface area contributed by atoms with Crippen LogP contribution >= 0.6 is 0 Å². The molecule has 62 valence electrons. The molecule has 0 aromatic heterocycles. The zero-order valence-electron chi connectivity index (χ0n) is 6.62. The van der Waals surface area contributed by atoms with Crippen molar-refractivity contribution in [2.45, 2.75) is 12.8 Å². The maximum absolute atomic E-state index is 11.0. The molecule has 0 N–H and O–H groups in total. The van der Waals surface area contributed by atoms with Crippen LogP contribution in [0.25, 0.3) is 0 Å². The molecule has 4 nitrogen and oxygen atoms in total. The van der Waals surface area contributed by atoms with Crippen LogP contribution in [-0.2, 0) is 4.74 Å². The summed E-state index contributed by atoms with van der Waals surface area (Å²) in [7, 11) is 1.57. The average molecular weight is 156 g/mol. The number of hydrogen-bond donors (Lipinski definition) is 0. The Kier molecular flexibility index (Phi) is 2.89. The third-order valence-corrected chi connectivity index (χ3v) is 1.62. The van der Waals surface area contributed by atoms with Crippen molar-refractivity contribution in [3.8, 4) is 0 Å². The summed E-state index contributed by atoms with van der Waals surface area (Å²) < 4.78 is 4.67. The van der Waals surface area contributed by atoms with Crippen molar-refractivity contribution < 1.29 is 9.53 Å². The van der Waals surface area contributed by atoms with Gasteiger partial charge in [-0.2, -0.15) is 0 Å². The van der Waals surface area contributed by atoms with Gasteiger partial charge in [0.15, 0.2) is 6.40 Å². The first-order chi connectivity index (χ1) is 5.34. The van der Waals surface area contributed by atoms with Crippen LogP contribution in [0.15, 0.2) is 4.99 Å². The third kappa shape index (κ3) is 2.22. The molecule has 1 amide bonds. The van der Waals surface area contributed by atoms with Crippen molar-refractivity contribution in [1.29, 1.82) is 0 Å². The summed E-state index contributed by atoms with van der Waals surface area (Å²) in [6, 6.07) is 0. The molecular weight excluding hydrogens is 144 g/mol. The first-order valence-electron chi connectivity index (χ1n) is 3.71. The number of hydrogen-bond acceptors (Lipinski definition) is 3. The highest BCUT2D eigenvalue weighted by molar-refractivity contribution is 5.76. The van der Waals surface area contributed by atoms with Crippen LogP contribution in [0.5, 0.6) is 0 Å². The number of carbonyl (C=O) groups is 1. The maximum Gasteiger partial charge on any atom is 0.416 e. The van der Waals surface area contributed by atoms with E-state index in [1.807, 2.05) is 0 Å². The number of nitrogens with zero attached hydrogens (tertiary/aromatic N) is 2. The van der Waals surface area contributed by atoms with Crippen LogP contribution in [0.2, 0.25) is 0 Å². The Morgan fingerprint density at radius 2 is 2.18 bits per heavy atom. The van der Waals surface area contributed by atoms with E-state index in [9.17, 15) is 4.79 Å². The molecule has 0 spiro atoms. The zero-order valence-corrected chi connectivity index (χ0v) is 6.62. The highest BCUT2D eigenvalue weighted by atomic mass is 16.6. The normalized spacial score (nSPS) is 17.7. The highest BCUT2D eigenvalue weighted by Gasteiger charge is 2.18. The van der Waals surface area contributed by atoms with Crippen molar-refractivity contribution in [2.75, 3.05) is 20.1 Å². The smallest absolute Gasteiger partial charge is 0.399 e. The summed E-state index contributed by atoms with van der Waals surface area (Å²) in [5.41, 5.74) is 0. The zero-order chi connectivity index (χ0) is 8.10. The minimum Gasteiger partial charge on any atom is -0.399 e. The van der Waals surface area contributed by atoms with E-state index in [1.165, 1.54) is 6.40 Å². The number of rotatable bonds is 1. The summed E-state index contributed by atoms with van der Waals surface area (Å²) in [5.74, 6) is 0. The van der Waals surface area contributed by atoms with Gasteiger partial charge in [-0.1, -0.05) is 0 Å². The number of aliphatic imine (C=N–C) groups is 1. The van der Waals surface area contributed by atoms with Gasteiger partial charge < -0.3 is 9.64 Å². The predicted molar refractivity (Wildman–Crippen MR) is 41.7 cm³/mol. The third-order valence-electron chi connectivity index (χ3n) is 1.62. The molecule has 1 aliphatic rings. The van der Waals surface area contributed by atoms with Gasteiger partial charge >= 0.3 is 6.09 Å². The molecule has 0 aromatic carbocycles. The van der Waals surface area contributed by atoms with E-state index in [1.54, 1.807) is 11.9 Å². The van der Waals surface area contributed by atoms with Gasteiger partial charge in [-0.3, -0.25) is 4.99 Å². The molecule has 0 aliphatic carbocycles. The van der Waals surface area contributed by atoms with Gasteiger partial charge in [0.2, 0.25) is 0 Å². The molecule has 1 rings (SSSR count). The van der Waals surface area contributed by atoms with E-state index in [2.05, 4.69) is 9.73 Å². The van der Waals surface area contributed by atoms with Gasteiger partial charge in [0.1, 0.15) is 0 Å². The molecule has 11 heavy (non-hydrogen) atoms. The second-order valence-corrected chi connectivity index (χ2v) is 2.44. The molecule has 1 fully saturated rings. The minimum absolute atomic E-state index is 0.284. The van der Waals surface area contributed by atoms with E-state index in [0.717, 1.165) is 25.9 Å². The van der Waals surface area contributed by atoms with Gasteiger partial charge in [0, 0.05) is 20.1 Å². The lowest BCUT2D eigenvalue weighted by Gasteiger charge is -2.11. The predicted octanol–water partition coefficient (Wildman–Crippen LogP) is 0.877. The van der Waals surface area contributed by atoms with E-state index in [4.69, 9.17) is 0 Å². The Hall–Kier alpha value is -1.06. The van der Waals surface area contributed by atoms with Gasteiger partial charge in [0.25, 0.3) is 0 Å². The Bertz CT molecular complexity index is 162. The monoisotopic (exact) mass is 156 g/mol. The van der Waals surface area contributed by atoms with Crippen LogP contribution in [0.3, 0.4) is 0 Å². The molecule has 1 aliphatic heterocycles. The van der Waals surface area contributed by atoms with Crippen molar-refractivity contribution in [2.24, 2.45) is 4.99 Å². The molecule has 0 saturated carbocycles. The number of ether oxygens (including phenoxy) is 1. The second-order valence-electron chi connectivity index (χ2n) is 2.44. The van der Waals surface area contributed by atoms with Crippen LogP contribution < -0.4 is 0 Å². The summed E-state index contributed by atoms with van der Waals surface area (Å²) in [4.78, 5) is 16.3. The van der Waals surface area contributed by atoms with Gasteiger partial charge in [-0.25, -0.2) is 4.79 Å². The molecular formula is C7H12N2O2. The van der Waals surface area contributed by atoms with Crippen LogP contribution in [0, 0.1) is 0 Å². The number of amides is 1. The van der Waals surface area contributed by atoms with E-state index in [-0.39, 0.29) is 6.09 Å². The van der Waals surface area contributed by atoms with E-state index >= 15 is 0 Å². The van der Waals surface area contributed by atoms with Gasteiger partial charge in [-0.15, -0.1) is 0 Å². The van der Waals surface area contributed by atoms with E-state index in [0.29, 0.717) is 0 Å². The largest absolute Gasteiger partial charge is 0.416 e. The van der Waals surface area contributed by atoms with Crippen LogP contribution in [0.1, 0.15) is 12.8 Å². The Balaban J connectivity index is 2.28. The first kappa shape index (κ1) is 8.04. The molecule has 4 heteroatoms. The first-order valence-corrected chi connectivity index (χ1v) is 3.71.